The highest BCUT2D eigenvalue weighted by Crippen LogP contribution is 2.30. The van der Waals surface area contributed by atoms with Gasteiger partial charge >= 0.3 is 12.4 Å². The number of thiazole rings is 1. The largest absolute Gasteiger partial charge is 0.435 e. The van der Waals surface area contributed by atoms with Crippen LogP contribution in [-0.2, 0) is 11.3 Å². The number of ether oxygens (including phenoxy) is 1. The molecule has 0 bridgehead atoms. The van der Waals surface area contributed by atoms with Crippen molar-refractivity contribution >= 4 is 50.0 Å². The Morgan fingerprint density at radius 3 is 2.89 bits per heavy atom. The van der Waals surface area contributed by atoms with Crippen LogP contribution in [0.2, 0.25) is 5.02 Å². The molecular formula is C14H10ClF2N5O4S. The number of carbonyl (C=O) groups is 1. The fourth-order valence-electron chi connectivity index (χ4n) is 2.21. The van der Waals surface area contributed by atoms with Crippen LogP contribution in [0.15, 0.2) is 18.2 Å². The summed E-state index contributed by atoms with van der Waals surface area (Å²) in [6.07, 6.45) is 0. The van der Waals surface area contributed by atoms with Gasteiger partial charge in [-0.2, -0.15) is 13.5 Å². The number of hydrogen-bond acceptors (Lipinski definition) is 7. The molecule has 9 nitrogen and oxygen atoms in total. The van der Waals surface area contributed by atoms with Crippen molar-refractivity contribution < 1.29 is 23.2 Å². The van der Waals surface area contributed by atoms with Crippen LogP contribution in [-0.4, -0.2) is 32.2 Å². The van der Waals surface area contributed by atoms with Crippen molar-refractivity contribution in [2.75, 3.05) is 5.32 Å². The molecule has 1 amide bonds. The van der Waals surface area contributed by atoms with Gasteiger partial charge in [-0.25, -0.2) is 4.98 Å². The highest BCUT2D eigenvalue weighted by molar-refractivity contribution is 7.22. The van der Waals surface area contributed by atoms with Crippen LogP contribution < -0.4 is 10.1 Å². The number of benzene rings is 1. The van der Waals surface area contributed by atoms with E-state index in [9.17, 15) is 23.7 Å². The van der Waals surface area contributed by atoms with E-state index in [0.29, 0.717) is 10.2 Å². The smallest absolute Gasteiger partial charge is 0.408 e. The molecule has 2 heterocycles. The Labute approximate surface area is 158 Å². The molecule has 0 atom stereocenters. The molecule has 0 saturated heterocycles. The molecule has 0 unspecified atom stereocenters. The summed E-state index contributed by atoms with van der Waals surface area (Å²) < 4.78 is 30.5. The second-order valence-corrected chi connectivity index (χ2v) is 6.62. The summed E-state index contributed by atoms with van der Waals surface area (Å²) in [4.78, 5) is 26.4. The predicted octanol–water partition coefficient (Wildman–Crippen LogP) is 3.60. The molecule has 0 aliphatic heterocycles. The van der Waals surface area contributed by atoms with E-state index < -0.39 is 23.3 Å². The number of hydrogen-bond donors (Lipinski definition) is 1. The van der Waals surface area contributed by atoms with E-state index in [-0.39, 0.29) is 28.1 Å². The van der Waals surface area contributed by atoms with Crippen LogP contribution in [0.5, 0.6) is 5.75 Å². The molecule has 0 aliphatic rings. The van der Waals surface area contributed by atoms with Crippen LogP contribution in [0, 0.1) is 17.0 Å². The number of nitrogens with one attached hydrogen (secondary N) is 1. The van der Waals surface area contributed by atoms with Gasteiger partial charge in [0.15, 0.2) is 10.2 Å². The molecule has 0 fully saturated rings. The van der Waals surface area contributed by atoms with Gasteiger partial charge in [-0.05, 0) is 30.0 Å². The summed E-state index contributed by atoms with van der Waals surface area (Å²) in [5, 5.41) is 17.2. The molecule has 0 spiro atoms. The van der Waals surface area contributed by atoms with Crippen LogP contribution >= 0.6 is 22.9 Å². The molecule has 3 aromatic rings. The number of alkyl halides is 2. The first-order valence-electron chi connectivity index (χ1n) is 7.27. The van der Waals surface area contributed by atoms with Crippen molar-refractivity contribution in [3.63, 3.8) is 0 Å². The highest BCUT2D eigenvalue weighted by atomic mass is 35.5. The van der Waals surface area contributed by atoms with Gasteiger partial charge in [0.05, 0.1) is 21.0 Å². The Morgan fingerprint density at radius 2 is 2.26 bits per heavy atom. The predicted molar refractivity (Wildman–Crippen MR) is 93.5 cm³/mol. The van der Waals surface area contributed by atoms with Crippen LogP contribution in [0.4, 0.5) is 19.7 Å². The van der Waals surface area contributed by atoms with Crippen molar-refractivity contribution in [1.29, 1.82) is 0 Å². The van der Waals surface area contributed by atoms with E-state index in [1.165, 1.54) is 25.1 Å². The lowest BCUT2D eigenvalue weighted by Gasteiger charge is -2.02. The van der Waals surface area contributed by atoms with Gasteiger partial charge in [0.25, 0.3) is 0 Å². The van der Waals surface area contributed by atoms with Crippen molar-refractivity contribution in [2.45, 2.75) is 20.1 Å². The quantitative estimate of drug-likeness (QED) is 0.484. The zero-order valence-corrected chi connectivity index (χ0v) is 15.1. The number of nitrogens with zero attached hydrogens (tertiary/aromatic N) is 4. The third-order valence-corrected chi connectivity index (χ3v) is 4.79. The van der Waals surface area contributed by atoms with Crippen molar-refractivity contribution in [3.05, 3.63) is 39.0 Å². The third kappa shape index (κ3) is 4.11. The number of anilines is 1. The molecule has 142 valence electrons. The van der Waals surface area contributed by atoms with Gasteiger partial charge in [-0.1, -0.05) is 22.9 Å². The number of halogens is 3. The van der Waals surface area contributed by atoms with E-state index in [0.717, 1.165) is 16.0 Å². The van der Waals surface area contributed by atoms with Gasteiger partial charge in [0, 0.05) is 0 Å². The standard InChI is InChI=1S/C14H10ClF2N5O4S/c1-6-11(15)12(22(24)25)20-21(6)5-10(23)19-14-18-8-3-2-7(26-13(16)17)4-9(8)27-14/h2-4,13H,5H2,1H3,(H,18,19,23). The normalized spacial score (nSPS) is 11.1. The summed E-state index contributed by atoms with van der Waals surface area (Å²) in [5.41, 5.74) is 0.766. The number of aromatic nitrogens is 3. The lowest BCUT2D eigenvalue weighted by molar-refractivity contribution is -0.389. The maximum atomic E-state index is 12.3. The second-order valence-electron chi connectivity index (χ2n) is 5.21. The Bertz CT molecular complexity index is 1040. The van der Waals surface area contributed by atoms with E-state index in [1.807, 2.05) is 0 Å². The average molecular weight is 418 g/mol. The lowest BCUT2D eigenvalue weighted by Crippen LogP contribution is -2.20. The molecular weight excluding hydrogens is 408 g/mol. The topological polar surface area (TPSA) is 112 Å². The molecule has 0 radical (unpaired) electrons. The number of nitro groups is 1. The third-order valence-electron chi connectivity index (χ3n) is 3.41. The maximum absolute atomic E-state index is 12.3. The van der Waals surface area contributed by atoms with E-state index in [4.69, 9.17) is 11.6 Å². The van der Waals surface area contributed by atoms with E-state index in [1.54, 1.807) is 0 Å². The molecule has 13 heteroatoms. The number of rotatable bonds is 6. The fraction of sp³-hybridized carbons (Fsp3) is 0.214. The van der Waals surface area contributed by atoms with E-state index >= 15 is 0 Å². The first-order chi connectivity index (χ1) is 12.7. The van der Waals surface area contributed by atoms with Gasteiger partial charge in [-0.3, -0.25) is 4.79 Å². The van der Waals surface area contributed by atoms with Crippen molar-refractivity contribution in [1.82, 2.24) is 14.8 Å². The number of carbonyl (C=O) groups excluding carboxylic acids is 1. The summed E-state index contributed by atoms with van der Waals surface area (Å²) in [7, 11) is 0. The maximum Gasteiger partial charge on any atom is 0.408 e. The summed E-state index contributed by atoms with van der Waals surface area (Å²) in [6, 6.07) is 4.21. The van der Waals surface area contributed by atoms with Crippen molar-refractivity contribution in [2.24, 2.45) is 0 Å². The zero-order chi connectivity index (χ0) is 19.7. The monoisotopic (exact) mass is 417 g/mol. The Morgan fingerprint density at radius 1 is 1.52 bits per heavy atom. The molecule has 2 aromatic heterocycles. The molecule has 3 rings (SSSR count). The van der Waals surface area contributed by atoms with Gasteiger partial charge in [0.1, 0.15) is 12.3 Å². The minimum Gasteiger partial charge on any atom is -0.435 e. The molecule has 1 N–H and O–H groups in total. The Balaban J connectivity index is 1.74. The number of amides is 1. The average Bonchev–Trinajstić information content (AvgIpc) is 3.09. The Hall–Kier alpha value is -2.86. The van der Waals surface area contributed by atoms with E-state index in [2.05, 4.69) is 20.1 Å². The van der Waals surface area contributed by atoms with Crippen LogP contribution in [0.1, 0.15) is 5.69 Å². The number of fused-ring (bicyclic) bond motifs is 1. The zero-order valence-electron chi connectivity index (χ0n) is 13.5. The van der Waals surface area contributed by atoms with Crippen molar-refractivity contribution in [3.8, 4) is 5.75 Å². The van der Waals surface area contributed by atoms with Gasteiger partial charge < -0.3 is 20.2 Å². The Kier molecular flexibility index (Phi) is 5.19. The first-order valence-corrected chi connectivity index (χ1v) is 8.46. The molecule has 0 saturated carbocycles. The van der Waals surface area contributed by atoms with Crippen LogP contribution in [0.25, 0.3) is 10.2 Å². The SMILES string of the molecule is Cc1c(Cl)c([N+](=O)[O-])nn1CC(=O)Nc1nc2ccc(OC(F)F)cc2s1. The summed E-state index contributed by atoms with van der Waals surface area (Å²) >= 11 is 6.89. The minimum absolute atomic E-state index is 0.0202. The fourth-order valence-corrected chi connectivity index (χ4v) is 3.32. The van der Waals surface area contributed by atoms with Gasteiger partial charge in [0.2, 0.25) is 5.91 Å². The van der Waals surface area contributed by atoms with Crippen LogP contribution in [0.3, 0.4) is 0 Å². The minimum atomic E-state index is -2.94. The summed E-state index contributed by atoms with van der Waals surface area (Å²) in [6.45, 7) is -1.75. The van der Waals surface area contributed by atoms with Gasteiger partial charge in [-0.15, -0.1) is 0 Å². The molecule has 0 aliphatic carbocycles. The molecule has 27 heavy (non-hydrogen) atoms. The summed E-state index contributed by atoms with van der Waals surface area (Å²) in [5.74, 6) is -1.09. The lowest BCUT2D eigenvalue weighted by atomic mass is 10.3. The second kappa shape index (κ2) is 7.40. The first kappa shape index (κ1) is 18.9. The molecule has 1 aromatic carbocycles. The highest BCUT2D eigenvalue weighted by Gasteiger charge is 2.25.